The molecule has 48 valence electrons. The number of nitrogens with zero attached hydrogens (tertiary/aromatic N) is 2. The maximum Gasteiger partial charge on any atom is 0.0500 e. The van der Waals surface area contributed by atoms with Crippen molar-refractivity contribution in [2.24, 2.45) is 0 Å². The van der Waals surface area contributed by atoms with Crippen molar-refractivity contribution < 1.29 is 0 Å². The Labute approximate surface area is 51.1 Å². The zero-order chi connectivity index (χ0) is 5.98. The first-order chi connectivity index (χ1) is 3.79. The first-order valence-corrected chi connectivity index (χ1v) is 3.16. The van der Waals surface area contributed by atoms with Gasteiger partial charge in [-0.3, -0.25) is 9.80 Å². The molecule has 1 heterocycles. The summed E-state index contributed by atoms with van der Waals surface area (Å²) in [6.45, 7) is 3.75. The molecule has 0 radical (unpaired) electrons. The van der Waals surface area contributed by atoms with Gasteiger partial charge in [0.2, 0.25) is 0 Å². The Balaban J connectivity index is 2.01. The van der Waals surface area contributed by atoms with Gasteiger partial charge in [-0.2, -0.15) is 0 Å². The van der Waals surface area contributed by atoms with Crippen molar-refractivity contribution in [1.29, 1.82) is 0 Å². The van der Waals surface area contributed by atoms with Crippen LogP contribution in [0.2, 0.25) is 0 Å². The Hall–Kier alpha value is -0.0800. The average molecular weight is 114 g/mol. The SMILES string of the molecule is CN(C)CN1CCC1. The highest BCUT2D eigenvalue weighted by Gasteiger charge is 2.12. The molecule has 1 saturated heterocycles. The summed E-state index contributed by atoms with van der Waals surface area (Å²) in [6, 6.07) is 0. The number of rotatable bonds is 2. The van der Waals surface area contributed by atoms with Gasteiger partial charge in [0, 0.05) is 13.1 Å². The Kier molecular flexibility index (Phi) is 1.86. The van der Waals surface area contributed by atoms with E-state index in [-0.39, 0.29) is 0 Å². The molecule has 0 spiro atoms. The lowest BCUT2D eigenvalue weighted by Crippen LogP contribution is -2.42. The highest BCUT2D eigenvalue weighted by Crippen LogP contribution is 2.03. The minimum Gasteiger partial charge on any atom is -0.297 e. The van der Waals surface area contributed by atoms with Crippen LogP contribution >= 0.6 is 0 Å². The molecule has 0 amide bonds. The molecule has 8 heavy (non-hydrogen) atoms. The molecule has 1 rings (SSSR count). The Morgan fingerprint density at radius 2 is 2.00 bits per heavy atom. The minimum atomic E-state index is 1.14. The highest BCUT2D eigenvalue weighted by atomic mass is 15.3. The smallest absolute Gasteiger partial charge is 0.0500 e. The van der Waals surface area contributed by atoms with Crippen molar-refractivity contribution in [1.82, 2.24) is 9.80 Å². The molecule has 1 fully saturated rings. The molecule has 0 aromatic heterocycles. The minimum absolute atomic E-state index is 1.14. The monoisotopic (exact) mass is 114 g/mol. The molecule has 0 unspecified atom stereocenters. The molecule has 0 aromatic carbocycles. The molecule has 0 N–H and O–H groups in total. The second-order valence-electron chi connectivity index (χ2n) is 2.69. The number of hydrogen-bond acceptors (Lipinski definition) is 2. The van der Waals surface area contributed by atoms with E-state index in [9.17, 15) is 0 Å². The fourth-order valence-corrected chi connectivity index (χ4v) is 0.923. The van der Waals surface area contributed by atoms with Crippen LogP contribution < -0.4 is 0 Å². The van der Waals surface area contributed by atoms with E-state index in [4.69, 9.17) is 0 Å². The van der Waals surface area contributed by atoms with Gasteiger partial charge in [0.25, 0.3) is 0 Å². The van der Waals surface area contributed by atoms with E-state index in [1.54, 1.807) is 0 Å². The lowest BCUT2D eigenvalue weighted by atomic mass is 10.2. The molecule has 0 aliphatic carbocycles. The van der Waals surface area contributed by atoms with Crippen molar-refractivity contribution in [2.45, 2.75) is 6.42 Å². The van der Waals surface area contributed by atoms with Crippen LogP contribution in [0.3, 0.4) is 0 Å². The molecule has 2 heteroatoms. The van der Waals surface area contributed by atoms with E-state index in [1.165, 1.54) is 19.5 Å². The van der Waals surface area contributed by atoms with Crippen LogP contribution in [0.5, 0.6) is 0 Å². The van der Waals surface area contributed by atoms with Gasteiger partial charge in [-0.25, -0.2) is 0 Å². The van der Waals surface area contributed by atoms with Crippen LogP contribution in [0.15, 0.2) is 0 Å². The maximum atomic E-state index is 2.43. The Bertz CT molecular complexity index is 66.9. The lowest BCUT2D eigenvalue weighted by molar-refractivity contribution is 0.112. The second-order valence-corrected chi connectivity index (χ2v) is 2.69. The average Bonchev–Trinajstić information content (AvgIpc) is 1.55. The maximum absolute atomic E-state index is 2.43. The van der Waals surface area contributed by atoms with Crippen LogP contribution in [0.25, 0.3) is 0 Å². The molecule has 0 saturated carbocycles. The summed E-state index contributed by atoms with van der Waals surface area (Å²) in [5.74, 6) is 0. The molecule has 0 atom stereocenters. The normalized spacial score (nSPS) is 21.4. The zero-order valence-corrected chi connectivity index (χ0v) is 5.72. The van der Waals surface area contributed by atoms with Crippen molar-refractivity contribution in [2.75, 3.05) is 33.9 Å². The van der Waals surface area contributed by atoms with Crippen molar-refractivity contribution in [3.63, 3.8) is 0 Å². The van der Waals surface area contributed by atoms with Crippen molar-refractivity contribution >= 4 is 0 Å². The van der Waals surface area contributed by atoms with Gasteiger partial charge in [0.05, 0.1) is 6.67 Å². The molecular weight excluding hydrogens is 100 g/mol. The van der Waals surface area contributed by atoms with Crippen LogP contribution in [-0.2, 0) is 0 Å². The summed E-state index contributed by atoms with van der Waals surface area (Å²) in [4.78, 5) is 4.64. The molecule has 0 bridgehead atoms. The summed E-state index contributed by atoms with van der Waals surface area (Å²) in [5.41, 5.74) is 0. The third kappa shape index (κ3) is 1.46. The fraction of sp³-hybridized carbons (Fsp3) is 1.00. The van der Waals surface area contributed by atoms with Gasteiger partial charge in [-0.1, -0.05) is 0 Å². The quantitative estimate of drug-likeness (QED) is 0.506. The van der Waals surface area contributed by atoms with E-state index in [1.807, 2.05) is 0 Å². The summed E-state index contributed by atoms with van der Waals surface area (Å²) in [7, 11) is 4.22. The van der Waals surface area contributed by atoms with E-state index in [2.05, 4.69) is 23.9 Å². The van der Waals surface area contributed by atoms with E-state index in [0.29, 0.717) is 0 Å². The molecular formula is C6H14N2. The Morgan fingerprint density at radius 1 is 1.38 bits per heavy atom. The number of likely N-dealkylation sites (tertiary alicyclic amines) is 1. The summed E-state index contributed by atoms with van der Waals surface area (Å²) >= 11 is 0. The van der Waals surface area contributed by atoms with Crippen LogP contribution in [0.4, 0.5) is 0 Å². The van der Waals surface area contributed by atoms with Crippen LogP contribution in [-0.4, -0.2) is 43.7 Å². The summed E-state index contributed by atoms with van der Waals surface area (Å²) < 4.78 is 0. The lowest BCUT2D eigenvalue weighted by Gasteiger charge is -2.32. The zero-order valence-electron chi connectivity index (χ0n) is 5.72. The van der Waals surface area contributed by atoms with Crippen LogP contribution in [0, 0.1) is 0 Å². The van der Waals surface area contributed by atoms with Gasteiger partial charge in [0.15, 0.2) is 0 Å². The largest absolute Gasteiger partial charge is 0.297 e. The summed E-state index contributed by atoms with van der Waals surface area (Å²) in [6.07, 6.45) is 1.40. The van der Waals surface area contributed by atoms with Gasteiger partial charge in [0.1, 0.15) is 0 Å². The molecule has 0 aromatic rings. The predicted octanol–water partition coefficient (Wildman–Crippen LogP) is 0.211. The topological polar surface area (TPSA) is 6.48 Å². The Morgan fingerprint density at radius 3 is 2.12 bits per heavy atom. The van der Waals surface area contributed by atoms with Gasteiger partial charge in [-0.05, 0) is 20.5 Å². The second kappa shape index (κ2) is 2.46. The number of hydrogen-bond donors (Lipinski definition) is 0. The van der Waals surface area contributed by atoms with E-state index in [0.717, 1.165) is 6.67 Å². The van der Waals surface area contributed by atoms with Crippen molar-refractivity contribution in [3.8, 4) is 0 Å². The van der Waals surface area contributed by atoms with E-state index < -0.39 is 0 Å². The van der Waals surface area contributed by atoms with Crippen LogP contribution in [0.1, 0.15) is 6.42 Å². The van der Waals surface area contributed by atoms with E-state index >= 15 is 0 Å². The van der Waals surface area contributed by atoms with Gasteiger partial charge in [-0.15, -0.1) is 0 Å². The summed E-state index contributed by atoms with van der Waals surface area (Å²) in [5, 5.41) is 0. The van der Waals surface area contributed by atoms with Gasteiger partial charge < -0.3 is 0 Å². The van der Waals surface area contributed by atoms with Gasteiger partial charge >= 0.3 is 0 Å². The third-order valence-electron chi connectivity index (χ3n) is 1.43. The molecule has 1 aliphatic heterocycles. The fourth-order valence-electron chi connectivity index (χ4n) is 0.923. The first-order valence-electron chi connectivity index (χ1n) is 3.16. The highest BCUT2D eigenvalue weighted by molar-refractivity contribution is 4.66. The third-order valence-corrected chi connectivity index (χ3v) is 1.43. The molecule has 1 aliphatic rings. The van der Waals surface area contributed by atoms with Crippen molar-refractivity contribution in [3.05, 3.63) is 0 Å². The molecule has 2 nitrogen and oxygen atoms in total. The predicted molar refractivity (Wildman–Crippen MR) is 34.7 cm³/mol. The first kappa shape index (κ1) is 6.05. The standard InChI is InChI=1S/C6H14N2/c1-7(2)6-8-4-3-5-8/h3-6H2,1-2H3.